The zero-order valence-electron chi connectivity index (χ0n) is 11.5. The van der Waals surface area contributed by atoms with E-state index in [1.165, 1.54) is 0 Å². The predicted molar refractivity (Wildman–Crippen MR) is 83.1 cm³/mol. The fourth-order valence-electron chi connectivity index (χ4n) is 1.95. The van der Waals surface area contributed by atoms with Crippen molar-refractivity contribution in [3.8, 4) is 17.1 Å². The predicted octanol–water partition coefficient (Wildman–Crippen LogP) is 4.39. The van der Waals surface area contributed by atoms with E-state index in [1.54, 1.807) is 42.6 Å². The molecular formula is C17H12ClNO3. The molecule has 0 unspecified atom stereocenters. The standard InChI is InChI=1S/C17H12ClNO3/c18-14-6-4-13(5-7-14)16-9-19-17(22-16)11-21-15-3-1-2-12(8-15)10-20/h1-10H,11H2. The second kappa shape index (κ2) is 6.45. The fourth-order valence-corrected chi connectivity index (χ4v) is 2.07. The fraction of sp³-hybridized carbons (Fsp3) is 0.0588. The van der Waals surface area contributed by atoms with Crippen LogP contribution in [0.4, 0.5) is 0 Å². The molecule has 1 heterocycles. The van der Waals surface area contributed by atoms with Crippen LogP contribution in [0.2, 0.25) is 5.02 Å². The van der Waals surface area contributed by atoms with Crippen LogP contribution in [-0.4, -0.2) is 11.3 Å². The molecule has 5 heteroatoms. The van der Waals surface area contributed by atoms with E-state index in [0.717, 1.165) is 11.8 Å². The average molecular weight is 314 g/mol. The Morgan fingerprint density at radius 2 is 2.00 bits per heavy atom. The Morgan fingerprint density at radius 1 is 1.18 bits per heavy atom. The molecular weight excluding hydrogens is 302 g/mol. The highest BCUT2D eigenvalue weighted by molar-refractivity contribution is 6.30. The summed E-state index contributed by atoms with van der Waals surface area (Å²) in [6.45, 7) is 0.190. The van der Waals surface area contributed by atoms with Crippen LogP contribution in [0.3, 0.4) is 0 Å². The molecule has 22 heavy (non-hydrogen) atoms. The van der Waals surface area contributed by atoms with Crippen LogP contribution in [-0.2, 0) is 6.61 Å². The summed E-state index contributed by atoms with van der Waals surface area (Å²) in [5.41, 5.74) is 1.46. The summed E-state index contributed by atoms with van der Waals surface area (Å²) < 4.78 is 11.2. The van der Waals surface area contributed by atoms with Crippen molar-refractivity contribution in [2.75, 3.05) is 0 Å². The Kier molecular flexibility index (Phi) is 4.21. The summed E-state index contributed by atoms with van der Waals surface area (Å²) in [5, 5.41) is 0.668. The molecule has 0 saturated heterocycles. The van der Waals surface area contributed by atoms with E-state index in [-0.39, 0.29) is 6.61 Å². The van der Waals surface area contributed by atoms with Gasteiger partial charge in [0.1, 0.15) is 12.0 Å². The quantitative estimate of drug-likeness (QED) is 0.656. The van der Waals surface area contributed by atoms with Gasteiger partial charge in [0.15, 0.2) is 12.4 Å². The number of nitrogens with zero attached hydrogens (tertiary/aromatic N) is 1. The van der Waals surface area contributed by atoms with Gasteiger partial charge in [-0.15, -0.1) is 0 Å². The highest BCUT2D eigenvalue weighted by Crippen LogP contribution is 2.23. The SMILES string of the molecule is O=Cc1cccc(OCc2ncc(-c3ccc(Cl)cc3)o2)c1. The maximum atomic E-state index is 10.7. The summed E-state index contributed by atoms with van der Waals surface area (Å²) >= 11 is 5.86. The molecule has 0 aliphatic carbocycles. The normalized spacial score (nSPS) is 10.4. The molecule has 1 aromatic heterocycles. The van der Waals surface area contributed by atoms with Crippen molar-refractivity contribution in [1.82, 2.24) is 4.98 Å². The summed E-state index contributed by atoms with van der Waals surface area (Å²) in [7, 11) is 0. The van der Waals surface area contributed by atoms with Crippen molar-refractivity contribution in [3.05, 3.63) is 71.2 Å². The molecule has 110 valence electrons. The smallest absolute Gasteiger partial charge is 0.232 e. The summed E-state index contributed by atoms with van der Waals surface area (Å²) in [6, 6.07) is 14.2. The molecule has 0 bridgehead atoms. The maximum absolute atomic E-state index is 10.7. The highest BCUT2D eigenvalue weighted by Gasteiger charge is 2.07. The third kappa shape index (κ3) is 3.35. The first-order valence-electron chi connectivity index (χ1n) is 6.63. The van der Waals surface area contributed by atoms with Crippen LogP contribution < -0.4 is 4.74 Å². The molecule has 2 aromatic carbocycles. The Hall–Kier alpha value is -2.59. The molecule has 0 aliphatic heterocycles. The molecule has 0 saturated carbocycles. The van der Waals surface area contributed by atoms with Gasteiger partial charge >= 0.3 is 0 Å². The number of rotatable bonds is 5. The number of hydrogen-bond acceptors (Lipinski definition) is 4. The second-order valence-electron chi connectivity index (χ2n) is 4.60. The zero-order chi connectivity index (χ0) is 15.4. The first-order chi connectivity index (χ1) is 10.7. The second-order valence-corrected chi connectivity index (χ2v) is 5.04. The van der Waals surface area contributed by atoms with Crippen molar-refractivity contribution in [2.24, 2.45) is 0 Å². The largest absolute Gasteiger partial charge is 0.484 e. The van der Waals surface area contributed by atoms with Gasteiger partial charge in [-0.3, -0.25) is 4.79 Å². The van der Waals surface area contributed by atoms with Crippen LogP contribution in [0.15, 0.2) is 59.1 Å². The lowest BCUT2D eigenvalue weighted by Gasteiger charge is -2.03. The van der Waals surface area contributed by atoms with Gasteiger partial charge in [-0.25, -0.2) is 4.98 Å². The third-order valence-electron chi connectivity index (χ3n) is 3.04. The lowest BCUT2D eigenvalue weighted by atomic mass is 10.2. The van der Waals surface area contributed by atoms with E-state index >= 15 is 0 Å². The first kappa shape index (κ1) is 14.4. The number of benzene rings is 2. The maximum Gasteiger partial charge on any atom is 0.232 e. The minimum absolute atomic E-state index is 0.190. The molecule has 0 radical (unpaired) electrons. The van der Waals surface area contributed by atoms with E-state index in [2.05, 4.69) is 4.98 Å². The number of ether oxygens (including phenoxy) is 1. The minimum Gasteiger partial charge on any atom is -0.484 e. The van der Waals surface area contributed by atoms with Crippen LogP contribution in [0.1, 0.15) is 16.2 Å². The van der Waals surface area contributed by atoms with Crippen molar-refractivity contribution in [3.63, 3.8) is 0 Å². The van der Waals surface area contributed by atoms with E-state index < -0.39 is 0 Å². The van der Waals surface area contributed by atoms with Gasteiger partial charge in [0, 0.05) is 16.1 Å². The lowest BCUT2D eigenvalue weighted by Crippen LogP contribution is -1.95. The molecule has 0 atom stereocenters. The third-order valence-corrected chi connectivity index (χ3v) is 3.29. The summed E-state index contributed by atoms with van der Waals surface area (Å²) in [5.74, 6) is 1.70. The van der Waals surface area contributed by atoms with E-state index in [1.807, 2.05) is 12.1 Å². The number of aromatic nitrogens is 1. The van der Waals surface area contributed by atoms with Gasteiger partial charge in [0.25, 0.3) is 0 Å². The number of aldehydes is 1. The first-order valence-corrected chi connectivity index (χ1v) is 7.01. The van der Waals surface area contributed by atoms with Gasteiger partial charge in [-0.1, -0.05) is 23.7 Å². The molecule has 0 spiro atoms. The molecule has 0 N–H and O–H groups in total. The average Bonchev–Trinajstić information content (AvgIpc) is 3.03. The zero-order valence-corrected chi connectivity index (χ0v) is 12.3. The Balaban J connectivity index is 1.69. The Bertz CT molecular complexity index is 781. The van der Waals surface area contributed by atoms with Crippen LogP contribution >= 0.6 is 11.6 Å². The van der Waals surface area contributed by atoms with E-state index in [4.69, 9.17) is 20.8 Å². The summed E-state index contributed by atoms with van der Waals surface area (Å²) in [4.78, 5) is 14.9. The van der Waals surface area contributed by atoms with Crippen molar-refractivity contribution >= 4 is 17.9 Å². The number of carbonyl (C=O) groups excluding carboxylic acids is 1. The van der Waals surface area contributed by atoms with Gasteiger partial charge in [-0.05, 0) is 36.4 Å². The molecule has 0 amide bonds. The monoisotopic (exact) mass is 313 g/mol. The molecule has 3 rings (SSSR count). The van der Waals surface area contributed by atoms with Gasteiger partial charge in [0.2, 0.25) is 5.89 Å². The van der Waals surface area contributed by atoms with Crippen LogP contribution in [0, 0.1) is 0 Å². The highest BCUT2D eigenvalue weighted by atomic mass is 35.5. The minimum atomic E-state index is 0.190. The number of hydrogen-bond donors (Lipinski definition) is 0. The van der Waals surface area contributed by atoms with Crippen molar-refractivity contribution in [2.45, 2.75) is 6.61 Å². The molecule has 3 aromatic rings. The summed E-state index contributed by atoms with van der Waals surface area (Å²) in [6.07, 6.45) is 2.42. The number of oxazole rings is 1. The number of carbonyl (C=O) groups is 1. The number of halogens is 1. The van der Waals surface area contributed by atoms with E-state index in [0.29, 0.717) is 28.0 Å². The van der Waals surface area contributed by atoms with Gasteiger partial charge in [0.05, 0.1) is 6.20 Å². The topological polar surface area (TPSA) is 52.3 Å². The Labute approximate surface area is 132 Å². The molecule has 0 aliphatic rings. The van der Waals surface area contributed by atoms with Crippen LogP contribution in [0.25, 0.3) is 11.3 Å². The van der Waals surface area contributed by atoms with Crippen molar-refractivity contribution in [1.29, 1.82) is 0 Å². The van der Waals surface area contributed by atoms with Crippen molar-refractivity contribution < 1.29 is 13.9 Å². The lowest BCUT2D eigenvalue weighted by molar-refractivity contribution is 0.112. The molecule has 0 fully saturated rings. The van der Waals surface area contributed by atoms with E-state index in [9.17, 15) is 4.79 Å². The Morgan fingerprint density at radius 3 is 2.77 bits per heavy atom. The van der Waals surface area contributed by atoms with Gasteiger partial charge in [-0.2, -0.15) is 0 Å². The molecule has 4 nitrogen and oxygen atoms in total. The van der Waals surface area contributed by atoms with Crippen LogP contribution in [0.5, 0.6) is 5.75 Å². The van der Waals surface area contributed by atoms with Gasteiger partial charge < -0.3 is 9.15 Å².